The number of Topliss-reactive ketones (excluding diaryl/α,β-unsaturated/α-hetero) is 1. The van der Waals surface area contributed by atoms with Crippen LogP contribution >= 0.6 is 0 Å². The van der Waals surface area contributed by atoms with Crippen LogP contribution in [0.2, 0.25) is 0 Å². The van der Waals surface area contributed by atoms with Gasteiger partial charge in [-0.1, -0.05) is 35.9 Å². The standard InChI is InChI=1S/C24H20O7S2/c1-16-7-10-19(11-8-16)33(28,29)31-21-12-9-17(14-22(21)30-2)13-18-15-32(26,27)23-6-4-3-5-20(23)24(18)25/h3-14H,15H2,1-2H3. The predicted molar refractivity (Wildman–Crippen MR) is 123 cm³/mol. The van der Waals surface area contributed by atoms with Crippen LogP contribution in [0.3, 0.4) is 0 Å². The number of methoxy groups -OCH3 is 1. The summed E-state index contributed by atoms with van der Waals surface area (Å²) in [6.07, 6.45) is 1.45. The first-order chi connectivity index (χ1) is 15.6. The molecule has 9 heteroatoms. The van der Waals surface area contributed by atoms with Crippen LogP contribution in [0.1, 0.15) is 21.5 Å². The first-order valence-corrected chi connectivity index (χ1v) is 12.9. The highest BCUT2D eigenvalue weighted by Crippen LogP contribution is 2.33. The number of benzene rings is 3. The number of hydrogen-bond acceptors (Lipinski definition) is 7. The Morgan fingerprint density at radius 1 is 0.939 bits per heavy atom. The summed E-state index contributed by atoms with van der Waals surface area (Å²) < 4.78 is 61.0. The van der Waals surface area contributed by atoms with Crippen molar-refractivity contribution in [1.82, 2.24) is 0 Å². The Kier molecular flexibility index (Phi) is 5.85. The maximum atomic E-state index is 12.8. The quantitative estimate of drug-likeness (QED) is 0.400. The van der Waals surface area contributed by atoms with Gasteiger partial charge in [-0.05, 0) is 55.0 Å². The molecule has 0 unspecified atom stereocenters. The molecule has 170 valence electrons. The molecule has 0 aliphatic carbocycles. The van der Waals surface area contributed by atoms with Crippen LogP contribution in [-0.4, -0.2) is 35.5 Å². The Morgan fingerprint density at radius 2 is 1.64 bits per heavy atom. The predicted octanol–water partition coefficient (Wildman–Crippen LogP) is 3.82. The topological polar surface area (TPSA) is 104 Å². The van der Waals surface area contributed by atoms with E-state index in [2.05, 4.69) is 0 Å². The van der Waals surface area contributed by atoms with E-state index in [-0.39, 0.29) is 38.2 Å². The highest BCUT2D eigenvalue weighted by molar-refractivity contribution is 7.92. The molecule has 0 radical (unpaired) electrons. The number of aryl methyl sites for hydroxylation is 1. The second-order valence-corrected chi connectivity index (χ2v) is 11.0. The van der Waals surface area contributed by atoms with Crippen molar-refractivity contribution in [3.63, 3.8) is 0 Å². The molecule has 0 saturated heterocycles. The number of sulfone groups is 1. The fourth-order valence-corrected chi connectivity index (χ4v) is 5.97. The highest BCUT2D eigenvalue weighted by atomic mass is 32.2. The summed E-state index contributed by atoms with van der Waals surface area (Å²) in [6.45, 7) is 1.84. The molecule has 1 heterocycles. The molecule has 0 saturated carbocycles. The van der Waals surface area contributed by atoms with E-state index in [4.69, 9.17) is 8.92 Å². The third-order valence-corrected chi connectivity index (χ3v) is 8.11. The van der Waals surface area contributed by atoms with Crippen molar-refractivity contribution < 1.29 is 30.6 Å². The average molecular weight is 485 g/mol. The van der Waals surface area contributed by atoms with Crippen molar-refractivity contribution in [3.8, 4) is 11.5 Å². The maximum Gasteiger partial charge on any atom is 0.339 e. The third-order valence-electron chi connectivity index (χ3n) is 5.14. The summed E-state index contributed by atoms with van der Waals surface area (Å²) in [4.78, 5) is 12.9. The lowest BCUT2D eigenvalue weighted by atomic mass is 10.0. The largest absolute Gasteiger partial charge is 0.493 e. The first kappa shape index (κ1) is 22.8. The van der Waals surface area contributed by atoms with Crippen LogP contribution in [-0.2, 0) is 20.0 Å². The van der Waals surface area contributed by atoms with Gasteiger partial charge in [0.1, 0.15) is 4.90 Å². The lowest BCUT2D eigenvalue weighted by Crippen LogP contribution is -2.24. The molecule has 0 N–H and O–H groups in total. The fourth-order valence-electron chi connectivity index (χ4n) is 3.47. The summed E-state index contributed by atoms with van der Waals surface area (Å²) in [5, 5.41) is 0. The van der Waals surface area contributed by atoms with Crippen LogP contribution in [0.25, 0.3) is 6.08 Å². The van der Waals surface area contributed by atoms with Gasteiger partial charge in [-0.25, -0.2) is 8.42 Å². The molecule has 4 rings (SSSR count). The Hall–Kier alpha value is -3.43. The summed E-state index contributed by atoms with van der Waals surface area (Å²) in [5.74, 6) is -0.716. The lowest BCUT2D eigenvalue weighted by molar-refractivity contribution is 0.103. The number of hydrogen-bond donors (Lipinski definition) is 0. The van der Waals surface area contributed by atoms with E-state index < -0.39 is 25.7 Å². The van der Waals surface area contributed by atoms with E-state index in [1.807, 2.05) is 6.92 Å². The molecule has 0 spiro atoms. The molecule has 1 aliphatic heterocycles. The summed E-state index contributed by atoms with van der Waals surface area (Å²) in [5.41, 5.74) is 1.61. The summed E-state index contributed by atoms with van der Waals surface area (Å²) in [6, 6.07) is 16.7. The van der Waals surface area contributed by atoms with Crippen LogP contribution in [0.4, 0.5) is 0 Å². The molecule has 3 aromatic carbocycles. The molecule has 0 amide bonds. The van der Waals surface area contributed by atoms with Crippen molar-refractivity contribution >= 4 is 31.8 Å². The second-order valence-electron chi connectivity index (χ2n) is 7.51. The second kappa shape index (κ2) is 8.49. The highest BCUT2D eigenvalue weighted by Gasteiger charge is 2.32. The molecule has 33 heavy (non-hydrogen) atoms. The van der Waals surface area contributed by atoms with Gasteiger partial charge in [0.15, 0.2) is 27.1 Å². The maximum absolute atomic E-state index is 12.8. The normalized spacial score (nSPS) is 16.3. The van der Waals surface area contributed by atoms with Gasteiger partial charge in [-0.3, -0.25) is 4.79 Å². The monoisotopic (exact) mass is 484 g/mol. The minimum Gasteiger partial charge on any atom is -0.493 e. The molecule has 0 fully saturated rings. The van der Waals surface area contributed by atoms with E-state index in [1.165, 1.54) is 55.7 Å². The molecule has 1 aliphatic rings. The molecular formula is C24H20O7S2. The van der Waals surface area contributed by atoms with Gasteiger partial charge in [0.2, 0.25) is 0 Å². The number of ketones is 1. The van der Waals surface area contributed by atoms with E-state index in [0.29, 0.717) is 5.56 Å². The van der Waals surface area contributed by atoms with Crippen molar-refractivity contribution in [3.05, 3.63) is 89.0 Å². The van der Waals surface area contributed by atoms with Gasteiger partial charge in [-0.15, -0.1) is 0 Å². The average Bonchev–Trinajstić information content (AvgIpc) is 2.78. The fraction of sp³-hybridized carbons (Fsp3) is 0.125. The number of fused-ring (bicyclic) bond motifs is 1. The van der Waals surface area contributed by atoms with Crippen LogP contribution < -0.4 is 8.92 Å². The Balaban J connectivity index is 1.67. The van der Waals surface area contributed by atoms with Gasteiger partial charge in [0.25, 0.3) is 0 Å². The zero-order valence-corrected chi connectivity index (χ0v) is 19.4. The van der Waals surface area contributed by atoms with Gasteiger partial charge in [-0.2, -0.15) is 8.42 Å². The zero-order chi connectivity index (χ0) is 23.8. The van der Waals surface area contributed by atoms with Crippen molar-refractivity contribution in [2.75, 3.05) is 12.9 Å². The van der Waals surface area contributed by atoms with Gasteiger partial charge >= 0.3 is 10.1 Å². The first-order valence-electron chi connectivity index (χ1n) is 9.87. The molecular weight excluding hydrogens is 464 g/mol. The molecule has 0 atom stereocenters. The number of carbonyl (C=O) groups is 1. The van der Waals surface area contributed by atoms with Gasteiger partial charge < -0.3 is 8.92 Å². The van der Waals surface area contributed by atoms with Crippen molar-refractivity contribution in [1.29, 1.82) is 0 Å². The zero-order valence-electron chi connectivity index (χ0n) is 17.8. The van der Waals surface area contributed by atoms with Crippen LogP contribution in [0.15, 0.2) is 82.1 Å². The molecule has 7 nitrogen and oxygen atoms in total. The molecule has 0 aromatic heterocycles. The number of rotatable bonds is 5. The molecule has 0 bridgehead atoms. The van der Waals surface area contributed by atoms with Crippen LogP contribution in [0.5, 0.6) is 11.5 Å². The number of ether oxygens (including phenoxy) is 1. The third kappa shape index (κ3) is 4.55. The minimum atomic E-state index is -4.09. The molecule has 3 aromatic rings. The minimum absolute atomic E-state index is 0.00183. The Morgan fingerprint density at radius 3 is 2.33 bits per heavy atom. The van der Waals surface area contributed by atoms with Crippen molar-refractivity contribution in [2.45, 2.75) is 16.7 Å². The van der Waals surface area contributed by atoms with Gasteiger partial charge in [0.05, 0.1) is 17.8 Å². The van der Waals surface area contributed by atoms with E-state index >= 15 is 0 Å². The number of carbonyl (C=O) groups excluding carboxylic acids is 1. The Bertz CT molecular complexity index is 1480. The summed E-state index contributed by atoms with van der Waals surface area (Å²) in [7, 11) is -6.39. The van der Waals surface area contributed by atoms with Crippen molar-refractivity contribution in [2.24, 2.45) is 0 Å². The Labute approximate surface area is 192 Å². The van der Waals surface area contributed by atoms with E-state index in [0.717, 1.165) is 5.56 Å². The smallest absolute Gasteiger partial charge is 0.339 e. The van der Waals surface area contributed by atoms with Crippen LogP contribution in [0, 0.1) is 6.92 Å². The van der Waals surface area contributed by atoms with E-state index in [9.17, 15) is 21.6 Å². The van der Waals surface area contributed by atoms with Gasteiger partial charge in [0, 0.05) is 11.1 Å². The summed E-state index contributed by atoms with van der Waals surface area (Å²) >= 11 is 0. The van der Waals surface area contributed by atoms with E-state index in [1.54, 1.807) is 24.3 Å². The lowest BCUT2D eigenvalue weighted by Gasteiger charge is -2.18. The SMILES string of the molecule is COc1cc(C=C2CS(=O)(=O)c3ccccc3C2=O)ccc1OS(=O)(=O)c1ccc(C)cc1.